The lowest BCUT2D eigenvalue weighted by atomic mass is 9.98. The molecule has 18 heavy (non-hydrogen) atoms. The first-order chi connectivity index (χ1) is 8.78. The smallest absolute Gasteiger partial charge is 0.124 e. The van der Waals surface area contributed by atoms with Crippen molar-refractivity contribution in [3.8, 4) is 5.75 Å². The molecular formula is C15H25NO2. The highest BCUT2D eigenvalue weighted by Gasteiger charge is 2.22. The maximum absolute atomic E-state index is 5.81. The molecule has 0 bridgehead atoms. The van der Waals surface area contributed by atoms with E-state index in [4.69, 9.17) is 9.47 Å². The maximum Gasteiger partial charge on any atom is 0.124 e. The number of hydrogen-bond donors (Lipinski definition) is 1. The lowest BCUT2D eigenvalue weighted by molar-refractivity contribution is 0.0665. The van der Waals surface area contributed by atoms with Crippen LogP contribution in [0.15, 0.2) is 24.3 Å². The normalized spacial score (nSPS) is 14.2. The Balaban J connectivity index is 2.96. The van der Waals surface area contributed by atoms with Crippen molar-refractivity contribution in [2.24, 2.45) is 0 Å². The molecule has 0 saturated carbocycles. The molecule has 1 aromatic carbocycles. The van der Waals surface area contributed by atoms with Gasteiger partial charge in [0.2, 0.25) is 0 Å². The highest BCUT2D eigenvalue weighted by atomic mass is 16.5. The van der Waals surface area contributed by atoms with Gasteiger partial charge >= 0.3 is 0 Å². The summed E-state index contributed by atoms with van der Waals surface area (Å²) in [5.74, 6) is 0.953. The van der Waals surface area contributed by atoms with E-state index < -0.39 is 0 Å². The minimum Gasteiger partial charge on any atom is -0.493 e. The summed E-state index contributed by atoms with van der Waals surface area (Å²) >= 11 is 0. The summed E-state index contributed by atoms with van der Waals surface area (Å²) in [6.45, 7) is 4.99. The van der Waals surface area contributed by atoms with Gasteiger partial charge in [0.15, 0.2) is 0 Å². The van der Waals surface area contributed by atoms with Gasteiger partial charge in [0, 0.05) is 12.7 Å². The Morgan fingerprint density at radius 3 is 2.50 bits per heavy atom. The molecule has 0 aromatic heterocycles. The van der Waals surface area contributed by atoms with Gasteiger partial charge in [-0.2, -0.15) is 0 Å². The van der Waals surface area contributed by atoms with E-state index in [9.17, 15) is 0 Å². The Morgan fingerprint density at radius 2 is 1.94 bits per heavy atom. The van der Waals surface area contributed by atoms with Crippen LogP contribution in [-0.2, 0) is 4.74 Å². The van der Waals surface area contributed by atoms with Crippen LogP contribution in [0.25, 0.3) is 0 Å². The molecule has 0 fully saturated rings. The van der Waals surface area contributed by atoms with Gasteiger partial charge in [-0.25, -0.2) is 0 Å². The van der Waals surface area contributed by atoms with Gasteiger partial charge < -0.3 is 14.8 Å². The molecule has 0 spiro atoms. The van der Waals surface area contributed by atoms with E-state index in [0.717, 1.165) is 25.2 Å². The van der Waals surface area contributed by atoms with E-state index in [2.05, 4.69) is 25.2 Å². The molecule has 1 N–H and O–H groups in total. The first-order valence-electron chi connectivity index (χ1n) is 6.70. The van der Waals surface area contributed by atoms with Crippen molar-refractivity contribution >= 4 is 0 Å². The molecule has 0 aliphatic rings. The first kappa shape index (κ1) is 15.0. The molecule has 0 aliphatic heterocycles. The second kappa shape index (κ2) is 8.11. The molecule has 2 unspecified atom stereocenters. The highest BCUT2D eigenvalue weighted by Crippen LogP contribution is 2.29. The van der Waals surface area contributed by atoms with Crippen LogP contribution in [0.5, 0.6) is 5.75 Å². The molecule has 102 valence electrons. The topological polar surface area (TPSA) is 30.5 Å². The SMILES string of the molecule is CCCOc1ccccc1C(NC)C(CC)OC. The van der Waals surface area contributed by atoms with Gasteiger partial charge in [-0.3, -0.25) is 0 Å². The van der Waals surface area contributed by atoms with Crippen LogP contribution in [0, 0.1) is 0 Å². The van der Waals surface area contributed by atoms with Crippen molar-refractivity contribution in [1.82, 2.24) is 5.32 Å². The average Bonchev–Trinajstić information content (AvgIpc) is 2.43. The summed E-state index contributed by atoms with van der Waals surface area (Å²) in [7, 11) is 3.72. The third-order valence-electron chi connectivity index (χ3n) is 3.10. The zero-order chi connectivity index (χ0) is 13.4. The molecule has 0 aliphatic carbocycles. The molecule has 1 aromatic rings. The van der Waals surface area contributed by atoms with Crippen LogP contribution >= 0.6 is 0 Å². The van der Waals surface area contributed by atoms with E-state index in [1.54, 1.807) is 7.11 Å². The monoisotopic (exact) mass is 251 g/mol. The molecule has 3 nitrogen and oxygen atoms in total. The Hall–Kier alpha value is -1.06. The number of likely N-dealkylation sites (N-methyl/N-ethyl adjacent to an activating group) is 1. The average molecular weight is 251 g/mol. The molecule has 0 saturated heterocycles. The van der Waals surface area contributed by atoms with Gasteiger partial charge in [-0.1, -0.05) is 32.0 Å². The minimum absolute atomic E-state index is 0.154. The number of hydrogen-bond acceptors (Lipinski definition) is 3. The number of para-hydroxylation sites is 1. The van der Waals surface area contributed by atoms with Crippen molar-refractivity contribution < 1.29 is 9.47 Å². The number of methoxy groups -OCH3 is 1. The summed E-state index contributed by atoms with van der Waals surface area (Å²) in [6, 6.07) is 8.34. The van der Waals surface area contributed by atoms with Crippen molar-refractivity contribution in [2.75, 3.05) is 20.8 Å². The lowest BCUT2D eigenvalue weighted by Gasteiger charge is -2.26. The summed E-state index contributed by atoms with van der Waals surface area (Å²) in [5.41, 5.74) is 1.17. The fourth-order valence-corrected chi connectivity index (χ4v) is 2.16. The van der Waals surface area contributed by atoms with E-state index >= 15 is 0 Å². The molecule has 3 heteroatoms. The van der Waals surface area contributed by atoms with E-state index in [0.29, 0.717) is 0 Å². The summed E-state index contributed by atoms with van der Waals surface area (Å²) in [5, 5.41) is 3.33. The van der Waals surface area contributed by atoms with Crippen molar-refractivity contribution in [3.05, 3.63) is 29.8 Å². The Labute approximate surface area is 110 Å². The lowest BCUT2D eigenvalue weighted by Crippen LogP contribution is -2.30. The van der Waals surface area contributed by atoms with Crippen molar-refractivity contribution in [3.63, 3.8) is 0 Å². The zero-order valence-electron chi connectivity index (χ0n) is 11.9. The van der Waals surface area contributed by atoms with Crippen LogP contribution in [-0.4, -0.2) is 26.9 Å². The predicted molar refractivity (Wildman–Crippen MR) is 75.1 cm³/mol. The molecule has 2 atom stereocenters. The highest BCUT2D eigenvalue weighted by molar-refractivity contribution is 5.36. The van der Waals surface area contributed by atoms with E-state index in [1.807, 2.05) is 25.2 Å². The molecule has 0 heterocycles. The Bertz CT molecular complexity index is 337. The van der Waals surface area contributed by atoms with Gasteiger partial charge in [0.1, 0.15) is 5.75 Å². The van der Waals surface area contributed by atoms with Gasteiger partial charge in [-0.05, 0) is 26.0 Å². The largest absolute Gasteiger partial charge is 0.493 e. The van der Waals surface area contributed by atoms with Gasteiger partial charge in [-0.15, -0.1) is 0 Å². The molecular weight excluding hydrogens is 226 g/mol. The number of ether oxygens (including phenoxy) is 2. The van der Waals surface area contributed by atoms with Crippen molar-refractivity contribution in [1.29, 1.82) is 0 Å². The summed E-state index contributed by atoms with van der Waals surface area (Å²) in [6.07, 6.45) is 2.13. The first-order valence-corrected chi connectivity index (χ1v) is 6.70. The van der Waals surface area contributed by atoms with E-state index in [-0.39, 0.29) is 12.1 Å². The molecule has 1 rings (SSSR count). The second-order valence-electron chi connectivity index (χ2n) is 4.34. The van der Waals surface area contributed by atoms with Crippen LogP contribution in [0.4, 0.5) is 0 Å². The third-order valence-corrected chi connectivity index (χ3v) is 3.10. The van der Waals surface area contributed by atoms with Crippen LogP contribution in [0.1, 0.15) is 38.3 Å². The van der Waals surface area contributed by atoms with Crippen molar-refractivity contribution in [2.45, 2.75) is 38.8 Å². The minimum atomic E-state index is 0.154. The predicted octanol–water partition coefficient (Wildman–Crippen LogP) is 3.16. The number of benzene rings is 1. The van der Waals surface area contributed by atoms with Gasteiger partial charge in [0.25, 0.3) is 0 Å². The fourth-order valence-electron chi connectivity index (χ4n) is 2.16. The molecule has 0 radical (unpaired) electrons. The summed E-state index contributed by atoms with van der Waals surface area (Å²) in [4.78, 5) is 0. The number of rotatable bonds is 8. The quantitative estimate of drug-likeness (QED) is 0.770. The Morgan fingerprint density at radius 1 is 1.22 bits per heavy atom. The van der Waals surface area contributed by atoms with Crippen LogP contribution in [0.3, 0.4) is 0 Å². The van der Waals surface area contributed by atoms with E-state index in [1.165, 1.54) is 5.56 Å². The van der Waals surface area contributed by atoms with Crippen LogP contribution in [0.2, 0.25) is 0 Å². The van der Waals surface area contributed by atoms with Crippen LogP contribution < -0.4 is 10.1 Å². The summed E-state index contributed by atoms with van der Waals surface area (Å²) < 4.78 is 11.4. The fraction of sp³-hybridized carbons (Fsp3) is 0.600. The standard InChI is InChI=1S/C15H25NO2/c1-5-11-18-14-10-8-7-9-12(14)15(16-3)13(6-2)17-4/h7-10,13,15-16H,5-6,11H2,1-4H3. The molecule has 0 amide bonds. The second-order valence-corrected chi connectivity index (χ2v) is 4.34. The zero-order valence-corrected chi connectivity index (χ0v) is 11.9. The van der Waals surface area contributed by atoms with Gasteiger partial charge in [0.05, 0.1) is 18.8 Å². The third kappa shape index (κ3) is 3.72. The maximum atomic E-state index is 5.81. The Kier molecular flexibility index (Phi) is 6.76. The number of nitrogens with one attached hydrogen (secondary N) is 1.